The van der Waals surface area contributed by atoms with Gasteiger partial charge in [0.25, 0.3) is 0 Å². The Hall–Kier alpha value is -2.31. The molecular formula is C14H16N6. The molecule has 1 unspecified atom stereocenters. The number of hydrogen-bond acceptors (Lipinski definition) is 5. The van der Waals surface area contributed by atoms with Gasteiger partial charge in [0.2, 0.25) is 0 Å². The number of fused-ring (bicyclic) bond motifs is 1. The van der Waals surface area contributed by atoms with Crippen LogP contribution in [0.25, 0.3) is 11.0 Å². The van der Waals surface area contributed by atoms with Crippen molar-refractivity contribution in [2.24, 2.45) is 5.84 Å². The van der Waals surface area contributed by atoms with Crippen molar-refractivity contribution in [3.05, 3.63) is 54.4 Å². The molecule has 0 saturated heterocycles. The summed E-state index contributed by atoms with van der Waals surface area (Å²) in [6.07, 6.45) is 7.10. The van der Waals surface area contributed by atoms with Gasteiger partial charge in [-0.3, -0.25) is 15.8 Å². The monoisotopic (exact) mass is 268 g/mol. The molecule has 2 aromatic heterocycles. The molecule has 0 spiro atoms. The molecule has 1 atom stereocenters. The predicted octanol–water partition coefficient (Wildman–Crippen LogP) is 1.40. The van der Waals surface area contributed by atoms with Gasteiger partial charge in [-0.2, -0.15) is 0 Å². The van der Waals surface area contributed by atoms with Gasteiger partial charge >= 0.3 is 0 Å². The average molecular weight is 268 g/mol. The molecule has 3 N–H and O–H groups in total. The Balaban J connectivity index is 2.07. The third-order valence-electron chi connectivity index (χ3n) is 3.34. The van der Waals surface area contributed by atoms with Crippen LogP contribution in [0.1, 0.15) is 24.4 Å². The van der Waals surface area contributed by atoms with E-state index in [0.717, 1.165) is 29.0 Å². The minimum atomic E-state index is -0.170. The van der Waals surface area contributed by atoms with E-state index in [-0.39, 0.29) is 6.04 Å². The number of nitrogens with one attached hydrogen (secondary N) is 1. The van der Waals surface area contributed by atoms with E-state index < -0.39 is 0 Å². The highest BCUT2D eigenvalue weighted by molar-refractivity contribution is 5.74. The fraction of sp³-hybridized carbons (Fsp3) is 0.214. The maximum Gasteiger partial charge on any atom is 0.131 e. The first-order valence-corrected chi connectivity index (χ1v) is 6.51. The molecule has 0 fully saturated rings. The molecule has 6 nitrogen and oxygen atoms in total. The number of hydrazine groups is 1. The Labute approximate surface area is 116 Å². The zero-order chi connectivity index (χ0) is 13.9. The Morgan fingerprint density at radius 1 is 1.15 bits per heavy atom. The lowest BCUT2D eigenvalue weighted by atomic mass is 10.1. The van der Waals surface area contributed by atoms with E-state index in [1.807, 2.05) is 24.4 Å². The molecule has 0 radical (unpaired) electrons. The standard InChI is InChI=1S/C14H16N6/c1-2-20-8-7-18-14(20)13(19-15)10-3-4-11-12(9-10)17-6-5-16-11/h3-9,13,19H,2,15H2,1H3. The van der Waals surface area contributed by atoms with Gasteiger partial charge in [-0.25, -0.2) is 10.4 Å². The molecule has 0 aliphatic carbocycles. The Bertz CT molecular complexity index is 720. The van der Waals surface area contributed by atoms with Crippen LogP contribution < -0.4 is 11.3 Å². The molecule has 20 heavy (non-hydrogen) atoms. The van der Waals surface area contributed by atoms with Crippen molar-refractivity contribution in [1.82, 2.24) is 24.9 Å². The van der Waals surface area contributed by atoms with E-state index in [1.165, 1.54) is 0 Å². The maximum atomic E-state index is 5.72. The molecule has 6 heteroatoms. The van der Waals surface area contributed by atoms with Crippen LogP contribution in [0.15, 0.2) is 43.0 Å². The van der Waals surface area contributed by atoms with Crippen LogP contribution in [-0.4, -0.2) is 19.5 Å². The molecule has 0 saturated carbocycles. The lowest BCUT2D eigenvalue weighted by Gasteiger charge is -2.17. The van der Waals surface area contributed by atoms with Crippen molar-refractivity contribution in [1.29, 1.82) is 0 Å². The van der Waals surface area contributed by atoms with E-state index in [4.69, 9.17) is 5.84 Å². The minimum Gasteiger partial charge on any atom is -0.334 e. The van der Waals surface area contributed by atoms with Gasteiger partial charge in [0.15, 0.2) is 0 Å². The molecule has 0 aliphatic heterocycles. The number of nitrogens with zero attached hydrogens (tertiary/aromatic N) is 4. The van der Waals surface area contributed by atoms with Crippen molar-refractivity contribution in [2.45, 2.75) is 19.5 Å². The molecule has 3 aromatic rings. The summed E-state index contributed by atoms with van der Waals surface area (Å²) in [5.41, 5.74) is 5.56. The smallest absolute Gasteiger partial charge is 0.131 e. The summed E-state index contributed by atoms with van der Waals surface area (Å²) in [7, 11) is 0. The lowest BCUT2D eigenvalue weighted by Crippen LogP contribution is -2.31. The Morgan fingerprint density at radius 2 is 1.95 bits per heavy atom. The van der Waals surface area contributed by atoms with Gasteiger partial charge in [-0.15, -0.1) is 0 Å². The third-order valence-corrected chi connectivity index (χ3v) is 3.34. The number of aryl methyl sites for hydroxylation is 1. The SMILES string of the molecule is CCn1ccnc1C(NN)c1ccc2nccnc2c1. The van der Waals surface area contributed by atoms with Gasteiger partial charge in [-0.05, 0) is 24.6 Å². The summed E-state index contributed by atoms with van der Waals surface area (Å²) in [5, 5.41) is 0. The highest BCUT2D eigenvalue weighted by Gasteiger charge is 2.17. The zero-order valence-corrected chi connectivity index (χ0v) is 11.2. The minimum absolute atomic E-state index is 0.170. The molecule has 0 aliphatic rings. The fourth-order valence-corrected chi connectivity index (χ4v) is 2.33. The summed E-state index contributed by atoms with van der Waals surface area (Å²) >= 11 is 0. The van der Waals surface area contributed by atoms with Crippen molar-refractivity contribution < 1.29 is 0 Å². The van der Waals surface area contributed by atoms with Gasteiger partial charge in [0.1, 0.15) is 11.9 Å². The number of benzene rings is 1. The lowest BCUT2D eigenvalue weighted by molar-refractivity contribution is 0.561. The molecule has 1 aromatic carbocycles. The number of aromatic nitrogens is 4. The van der Waals surface area contributed by atoms with Crippen molar-refractivity contribution >= 4 is 11.0 Å². The molecule has 2 heterocycles. The Kier molecular flexibility index (Phi) is 3.41. The first-order valence-electron chi connectivity index (χ1n) is 6.51. The first-order chi connectivity index (χ1) is 9.83. The average Bonchev–Trinajstić information content (AvgIpc) is 2.96. The van der Waals surface area contributed by atoms with E-state index >= 15 is 0 Å². The normalized spacial score (nSPS) is 12.7. The second-order valence-electron chi connectivity index (χ2n) is 4.48. The third kappa shape index (κ3) is 2.15. The molecule has 3 rings (SSSR count). The van der Waals surface area contributed by atoms with Crippen molar-refractivity contribution in [3.8, 4) is 0 Å². The van der Waals surface area contributed by atoms with Crippen LogP contribution in [0.3, 0.4) is 0 Å². The summed E-state index contributed by atoms with van der Waals surface area (Å²) < 4.78 is 2.06. The number of imidazole rings is 1. The van der Waals surface area contributed by atoms with Crippen LogP contribution in [-0.2, 0) is 6.54 Å². The summed E-state index contributed by atoms with van der Waals surface area (Å²) in [4.78, 5) is 13.0. The fourth-order valence-electron chi connectivity index (χ4n) is 2.33. The number of hydrogen-bond donors (Lipinski definition) is 2. The highest BCUT2D eigenvalue weighted by Crippen LogP contribution is 2.22. The Morgan fingerprint density at radius 3 is 2.70 bits per heavy atom. The van der Waals surface area contributed by atoms with Crippen LogP contribution in [0.2, 0.25) is 0 Å². The second-order valence-corrected chi connectivity index (χ2v) is 4.48. The van der Waals surface area contributed by atoms with Crippen LogP contribution in [0.5, 0.6) is 0 Å². The number of rotatable bonds is 4. The van der Waals surface area contributed by atoms with Gasteiger partial charge in [-0.1, -0.05) is 6.07 Å². The van der Waals surface area contributed by atoms with Crippen LogP contribution in [0.4, 0.5) is 0 Å². The van der Waals surface area contributed by atoms with Gasteiger partial charge < -0.3 is 4.57 Å². The van der Waals surface area contributed by atoms with Crippen molar-refractivity contribution in [2.75, 3.05) is 0 Å². The van der Waals surface area contributed by atoms with E-state index in [2.05, 4.69) is 31.9 Å². The topological polar surface area (TPSA) is 81.7 Å². The maximum absolute atomic E-state index is 5.72. The summed E-state index contributed by atoms with van der Waals surface area (Å²) in [6.45, 7) is 2.92. The summed E-state index contributed by atoms with van der Waals surface area (Å²) in [6, 6.07) is 5.76. The largest absolute Gasteiger partial charge is 0.334 e. The van der Waals surface area contributed by atoms with E-state index in [9.17, 15) is 0 Å². The van der Waals surface area contributed by atoms with Crippen LogP contribution in [0, 0.1) is 0 Å². The van der Waals surface area contributed by atoms with Crippen molar-refractivity contribution in [3.63, 3.8) is 0 Å². The van der Waals surface area contributed by atoms with Crippen LogP contribution >= 0.6 is 0 Å². The van der Waals surface area contributed by atoms with Gasteiger partial charge in [0.05, 0.1) is 11.0 Å². The zero-order valence-electron chi connectivity index (χ0n) is 11.2. The quantitative estimate of drug-likeness (QED) is 0.552. The molecule has 102 valence electrons. The second kappa shape index (κ2) is 5.36. The molecule has 0 bridgehead atoms. The molecular weight excluding hydrogens is 252 g/mol. The van der Waals surface area contributed by atoms with Gasteiger partial charge in [0, 0.05) is 31.3 Å². The first kappa shape index (κ1) is 12.7. The highest BCUT2D eigenvalue weighted by atomic mass is 15.3. The molecule has 0 amide bonds. The van der Waals surface area contributed by atoms with E-state index in [0.29, 0.717) is 0 Å². The predicted molar refractivity (Wildman–Crippen MR) is 76.6 cm³/mol. The summed E-state index contributed by atoms with van der Waals surface area (Å²) in [5.74, 6) is 6.61. The number of nitrogens with two attached hydrogens (primary N) is 1. The van der Waals surface area contributed by atoms with E-state index in [1.54, 1.807) is 18.6 Å².